The van der Waals surface area contributed by atoms with Crippen LogP contribution in [0.15, 0.2) is 53.4 Å². The van der Waals surface area contributed by atoms with Crippen LogP contribution >= 0.6 is 0 Å². The third-order valence-corrected chi connectivity index (χ3v) is 6.34. The van der Waals surface area contributed by atoms with Gasteiger partial charge in [0.25, 0.3) is 0 Å². The topological polar surface area (TPSA) is 57.5 Å². The first kappa shape index (κ1) is 17.6. The van der Waals surface area contributed by atoms with Gasteiger partial charge >= 0.3 is 0 Å². The molecule has 0 radical (unpaired) electrons. The lowest BCUT2D eigenvalue weighted by atomic mass is 10.1. The van der Waals surface area contributed by atoms with Crippen molar-refractivity contribution in [1.29, 1.82) is 0 Å². The van der Waals surface area contributed by atoms with Crippen LogP contribution in [0.4, 0.5) is 0 Å². The molecular weight excluding hydrogens is 336 g/mol. The average molecular weight is 358 g/mol. The Balaban J connectivity index is 2.00. The lowest BCUT2D eigenvalue weighted by Crippen LogP contribution is -2.30. The van der Waals surface area contributed by atoms with Gasteiger partial charge in [0, 0.05) is 14.1 Å². The molecule has 6 heteroatoms. The van der Waals surface area contributed by atoms with E-state index in [1.54, 1.807) is 38.4 Å². The fourth-order valence-corrected chi connectivity index (χ4v) is 4.65. The molecule has 3 atom stereocenters. The SMILES string of the molecule is Cc1ccc([C@H]2[C@H](C(=O)N(C)C)N2S(=O)(=O)c2ccc(C)cc2)cc1. The summed E-state index contributed by atoms with van der Waals surface area (Å²) >= 11 is 0. The molecule has 2 aromatic carbocycles. The van der Waals surface area contributed by atoms with Crippen molar-refractivity contribution < 1.29 is 13.2 Å². The summed E-state index contributed by atoms with van der Waals surface area (Å²) < 4.78 is 27.4. The molecule has 2 aromatic rings. The molecular formula is C19H22N2O3S. The van der Waals surface area contributed by atoms with Gasteiger partial charge in [-0.05, 0) is 31.5 Å². The van der Waals surface area contributed by atoms with Crippen molar-refractivity contribution in [1.82, 2.24) is 9.21 Å². The molecule has 5 nitrogen and oxygen atoms in total. The Labute approximate surface area is 148 Å². The first-order valence-corrected chi connectivity index (χ1v) is 9.55. The third-order valence-electron chi connectivity index (χ3n) is 4.47. The summed E-state index contributed by atoms with van der Waals surface area (Å²) in [5.41, 5.74) is 2.91. The summed E-state index contributed by atoms with van der Waals surface area (Å²) in [5, 5.41) is 0. The Morgan fingerprint density at radius 1 is 0.920 bits per heavy atom. The molecule has 132 valence electrons. The summed E-state index contributed by atoms with van der Waals surface area (Å²) in [6, 6.07) is 13.2. The van der Waals surface area contributed by atoms with Crippen molar-refractivity contribution in [2.24, 2.45) is 0 Å². The Morgan fingerprint density at radius 2 is 1.40 bits per heavy atom. The molecule has 1 aliphatic heterocycles. The molecule has 0 spiro atoms. The number of hydrogen-bond acceptors (Lipinski definition) is 3. The minimum Gasteiger partial charge on any atom is -0.347 e. The second-order valence-corrected chi connectivity index (χ2v) is 8.52. The van der Waals surface area contributed by atoms with Gasteiger partial charge in [0.2, 0.25) is 15.9 Å². The highest BCUT2D eigenvalue weighted by molar-refractivity contribution is 7.89. The molecule has 1 amide bonds. The number of carbonyl (C=O) groups is 1. The van der Waals surface area contributed by atoms with Gasteiger partial charge in [0.05, 0.1) is 10.9 Å². The van der Waals surface area contributed by atoms with Gasteiger partial charge in [-0.3, -0.25) is 4.79 Å². The van der Waals surface area contributed by atoms with E-state index in [1.165, 1.54) is 9.21 Å². The van der Waals surface area contributed by atoms with Crippen LogP contribution in [0.2, 0.25) is 0 Å². The normalized spacial score (nSPS) is 22.5. The van der Waals surface area contributed by atoms with Gasteiger partial charge in [-0.15, -0.1) is 0 Å². The van der Waals surface area contributed by atoms with Crippen molar-refractivity contribution in [3.05, 3.63) is 65.2 Å². The maximum Gasteiger partial charge on any atom is 0.244 e. The van der Waals surface area contributed by atoms with E-state index in [1.807, 2.05) is 38.1 Å². The van der Waals surface area contributed by atoms with E-state index >= 15 is 0 Å². The van der Waals surface area contributed by atoms with Crippen molar-refractivity contribution in [2.75, 3.05) is 14.1 Å². The van der Waals surface area contributed by atoms with Crippen molar-refractivity contribution in [3.63, 3.8) is 0 Å². The van der Waals surface area contributed by atoms with Gasteiger partial charge in [-0.25, -0.2) is 8.42 Å². The lowest BCUT2D eigenvalue weighted by molar-refractivity contribution is -0.128. The number of rotatable bonds is 4. The number of likely N-dealkylation sites (N-methyl/N-ethyl adjacent to an activating group) is 1. The molecule has 25 heavy (non-hydrogen) atoms. The van der Waals surface area contributed by atoms with Gasteiger partial charge in [-0.2, -0.15) is 4.31 Å². The van der Waals surface area contributed by atoms with Gasteiger partial charge in [0.15, 0.2) is 0 Å². The van der Waals surface area contributed by atoms with Gasteiger partial charge in [0.1, 0.15) is 6.04 Å². The Hall–Kier alpha value is -2.18. The molecule has 0 saturated carbocycles. The molecule has 0 aliphatic carbocycles. The molecule has 0 bridgehead atoms. The predicted octanol–water partition coefficient (Wildman–Crippen LogP) is 2.51. The van der Waals surface area contributed by atoms with Gasteiger partial charge < -0.3 is 4.90 Å². The third kappa shape index (κ3) is 3.19. The number of aryl methyl sites for hydroxylation is 2. The van der Waals surface area contributed by atoms with Crippen molar-refractivity contribution >= 4 is 15.9 Å². The zero-order valence-corrected chi connectivity index (χ0v) is 15.6. The van der Waals surface area contributed by atoms with Crippen LogP contribution in [0.5, 0.6) is 0 Å². The molecule has 1 aliphatic rings. The van der Waals surface area contributed by atoms with E-state index in [0.717, 1.165) is 16.7 Å². The first-order chi connectivity index (χ1) is 11.7. The van der Waals surface area contributed by atoms with E-state index in [0.29, 0.717) is 0 Å². The zero-order chi connectivity index (χ0) is 18.4. The molecule has 1 fully saturated rings. The molecule has 0 N–H and O–H groups in total. The predicted molar refractivity (Wildman–Crippen MR) is 96.6 cm³/mol. The van der Waals surface area contributed by atoms with Crippen LogP contribution in [0, 0.1) is 13.8 Å². The van der Waals surface area contributed by atoms with E-state index in [9.17, 15) is 13.2 Å². The molecule has 1 unspecified atom stereocenters. The summed E-state index contributed by atoms with van der Waals surface area (Å²) in [7, 11) is -0.447. The van der Waals surface area contributed by atoms with Crippen LogP contribution in [0.1, 0.15) is 22.7 Å². The summed E-state index contributed by atoms with van der Waals surface area (Å²) in [4.78, 5) is 14.2. The number of hydrogen-bond donors (Lipinski definition) is 0. The quantitative estimate of drug-likeness (QED) is 0.789. The molecule has 1 saturated heterocycles. The smallest absolute Gasteiger partial charge is 0.244 e. The fourth-order valence-electron chi connectivity index (χ4n) is 2.94. The number of amides is 1. The second kappa shape index (κ2) is 6.28. The minimum atomic E-state index is -3.73. The standard InChI is InChI=1S/C19H22N2O3S/c1-13-5-9-15(10-6-13)17-18(19(22)20(3)4)21(17)25(23,24)16-11-7-14(2)8-12-16/h5-12,17-18H,1-4H3/t17-,18+,21?/m0/s1. The van der Waals surface area contributed by atoms with Crippen LogP contribution in [0.3, 0.4) is 0 Å². The Morgan fingerprint density at radius 3 is 1.88 bits per heavy atom. The van der Waals surface area contributed by atoms with E-state index < -0.39 is 22.1 Å². The molecule has 0 aromatic heterocycles. The van der Waals surface area contributed by atoms with Crippen molar-refractivity contribution in [2.45, 2.75) is 30.8 Å². The highest BCUT2D eigenvalue weighted by atomic mass is 32.2. The monoisotopic (exact) mass is 358 g/mol. The zero-order valence-electron chi connectivity index (χ0n) is 14.8. The largest absolute Gasteiger partial charge is 0.347 e. The minimum absolute atomic E-state index is 0.207. The first-order valence-electron chi connectivity index (χ1n) is 8.11. The summed E-state index contributed by atoms with van der Waals surface area (Å²) in [5.74, 6) is -0.207. The van der Waals surface area contributed by atoms with E-state index in [4.69, 9.17) is 0 Å². The molecule has 1 heterocycles. The second-order valence-electron chi connectivity index (χ2n) is 6.68. The van der Waals surface area contributed by atoms with Crippen LogP contribution in [-0.2, 0) is 14.8 Å². The maximum absolute atomic E-state index is 13.0. The number of nitrogens with zero attached hydrogens (tertiary/aromatic N) is 2. The van der Waals surface area contributed by atoms with Crippen LogP contribution in [0.25, 0.3) is 0 Å². The number of benzene rings is 2. The summed E-state index contributed by atoms with van der Waals surface area (Å²) in [6.07, 6.45) is 0. The summed E-state index contributed by atoms with van der Waals surface area (Å²) in [6.45, 7) is 3.88. The Kier molecular flexibility index (Phi) is 4.43. The van der Waals surface area contributed by atoms with Crippen LogP contribution in [-0.4, -0.2) is 43.7 Å². The average Bonchev–Trinajstić information content (AvgIpc) is 3.31. The van der Waals surface area contributed by atoms with Crippen LogP contribution < -0.4 is 0 Å². The Bertz CT molecular complexity index is 887. The van der Waals surface area contributed by atoms with E-state index in [2.05, 4.69) is 0 Å². The number of sulfonamides is 1. The number of carbonyl (C=O) groups excluding carboxylic acids is 1. The van der Waals surface area contributed by atoms with Gasteiger partial charge in [-0.1, -0.05) is 47.5 Å². The highest BCUT2D eigenvalue weighted by Crippen LogP contribution is 2.48. The molecule has 3 rings (SSSR count). The lowest BCUT2D eigenvalue weighted by Gasteiger charge is -2.10. The maximum atomic E-state index is 13.0. The fraction of sp³-hybridized carbons (Fsp3) is 0.316. The van der Waals surface area contributed by atoms with E-state index in [-0.39, 0.29) is 10.8 Å². The highest BCUT2D eigenvalue weighted by Gasteiger charge is 2.60. The van der Waals surface area contributed by atoms with Crippen molar-refractivity contribution in [3.8, 4) is 0 Å².